The lowest BCUT2D eigenvalue weighted by Crippen LogP contribution is -2.44. The Labute approximate surface area is 138 Å². The van der Waals surface area contributed by atoms with Gasteiger partial charge in [-0.3, -0.25) is 4.79 Å². The van der Waals surface area contributed by atoms with Gasteiger partial charge in [-0.15, -0.1) is 0 Å². The summed E-state index contributed by atoms with van der Waals surface area (Å²) in [5.41, 5.74) is 3.00. The van der Waals surface area contributed by atoms with Gasteiger partial charge in [0.2, 0.25) is 0 Å². The summed E-state index contributed by atoms with van der Waals surface area (Å²) in [7, 11) is 0. The van der Waals surface area contributed by atoms with Crippen LogP contribution in [0.3, 0.4) is 0 Å². The molecule has 2 saturated heterocycles. The third-order valence-electron chi connectivity index (χ3n) is 4.83. The first-order valence-corrected chi connectivity index (χ1v) is 8.63. The molecule has 2 aliphatic rings. The molecule has 23 heavy (non-hydrogen) atoms. The van der Waals surface area contributed by atoms with Gasteiger partial charge in [-0.25, -0.2) is 0 Å². The van der Waals surface area contributed by atoms with Gasteiger partial charge in [0.25, 0.3) is 5.91 Å². The summed E-state index contributed by atoms with van der Waals surface area (Å²) in [5.74, 6) is 0.445. The van der Waals surface area contributed by atoms with Crippen molar-refractivity contribution < 1.29 is 9.90 Å². The molecule has 0 aliphatic carbocycles. The van der Waals surface area contributed by atoms with Crippen LogP contribution in [0.5, 0.6) is 0 Å². The van der Waals surface area contributed by atoms with Gasteiger partial charge in [-0.1, -0.05) is 19.9 Å². The summed E-state index contributed by atoms with van der Waals surface area (Å²) in [6.45, 7) is 9.12. The zero-order chi connectivity index (χ0) is 16.4. The number of amides is 1. The minimum atomic E-state index is -0.380. The van der Waals surface area contributed by atoms with Gasteiger partial charge < -0.3 is 20.2 Å². The van der Waals surface area contributed by atoms with Gasteiger partial charge in [0, 0.05) is 45.0 Å². The standard InChI is InChI=1S/C18H27N3O2/c1-13(2)14-3-4-17(20-9-6-19-7-10-20)16(11-14)18(23)21-8-5-15(22)12-21/h3-4,11,13,15,19,22H,5-10,12H2,1-2H3. The van der Waals surface area contributed by atoms with E-state index in [-0.39, 0.29) is 12.0 Å². The van der Waals surface area contributed by atoms with Gasteiger partial charge in [0.05, 0.1) is 11.7 Å². The number of nitrogens with zero attached hydrogens (tertiary/aromatic N) is 2. The number of nitrogens with one attached hydrogen (secondary N) is 1. The molecule has 2 N–H and O–H groups in total. The Hall–Kier alpha value is -1.59. The lowest BCUT2D eigenvalue weighted by atomic mass is 9.98. The molecule has 2 heterocycles. The van der Waals surface area contributed by atoms with Crippen LogP contribution in [0.25, 0.3) is 0 Å². The first-order valence-electron chi connectivity index (χ1n) is 8.63. The monoisotopic (exact) mass is 317 g/mol. The van der Waals surface area contributed by atoms with Crippen molar-refractivity contribution in [1.29, 1.82) is 0 Å². The maximum atomic E-state index is 13.0. The van der Waals surface area contributed by atoms with E-state index < -0.39 is 0 Å². The van der Waals surface area contributed by atoms with Crippen molar-refractivity contribution in [3.05, 3.63) is 29.3 Å². The molecule has 1 aromatic carbocycles. The average Bonchev–Trinajstić information content (AvgIpc) is 3.01. The molecule has 0 aromatic heterocycles. The lowest BCUT2D eigenvalue weighted by molar-refractivity contribution is 0.0765. The molecular formula is C18H27N3O2. The van der Waals surface area contributed by atoms with Crippen LogP contribution in [-0.2, 0) is 0 Å². The maximum Gasteiger partial charge on any atom is 0.256 e. The number of β-amino-alcohol motifs (C(OH)–C–C–N with tert-alkyl or cyclic N) is 1. The van der Waals surface area contributed by atoms with Crippen molar-refractivity contribution >= 4 is 11.6 Å². The van der Waals surface area contributed by atoms with E-state index in [1.807, 2.05) is 0 Å². The Balaban J connectivity index is 1.93. The number of piperazine rings is 1. The predicted octanol–water partition coefficient (Wildman–Crippen LogP) is 1.43. The number of likely N-dealkylation sites (tertiary alicyclic amines) is 1. The van der Waals surface area contributed by atoms with Gasteiger partial charge in [-0.2, -0.15) is 0 Å². The molecule has 0 bridgehead atoms. The normalized spacial score (nSPS) is 22.0. The largest absolute Gasteiger partial charge is 0.391 e. The maximum absolute atomic E-state index is 13.0. The average molecular weight is 317 g/mol. The number of aliphatic hydroxyl groups is 1. The van der Waals surface area contributed by atoms with Crippen LogP contribution in [0.2, 0.25) is 0 Å². The Kier molecular flexibility index (Phi) is 4.87. The summed E-state index contributed by atoms with van der Waals surface area (Å²) < 4.78 is 0. The van der Waals surface area contributed by atoms with Crippen LogP contribution in [-0.4, -0.2) is 61.3 Å². The Morgan fingerprint density at radius 1 is 1.26 bits per heavy atom. The van der Waals surface area contributed by atoms with Gasteiger partial charge in [0.15, 0.2) is 0 Å². The number of hydrogen-bond donors (Lipinski definition) is 2. The molecule has 1 unspecified atom stereocenters. The smallest absolute Gasteiger partial charge is 0.256 e. The molecule has 3 rings (SSSR count). The van der Waals surface area contributed by atoms with E-state index >= 15 is 0 Å². The number of carbonyl (C=O) groups is 1. The molecule has 0 saturated carbocycles. The zero-order valence-corrected chi connectivity index (χ0v) is 14.1. The van der Waals surface area contributed by atoms with E-state index in [0.717, 1.165) is 37.4 Å². The molecule has 1 atom stereocenters. The number of aliphatic hydroxyl groups excluding tert-OH is 1. The van der Waals surface area contributed by atoms with E-state index in [1.165, 1.54) is 5.56 Å². The van der Waals surface area contributed by atoms with E-state index in [9.17, 15) is 9.90 Å². The summed E-state index contributed by atoms with van der Waals surface area (Å²) in [6.07, 6.45) is 0.299. The first-order chi connectivity index (χ1) is 11.1. The number of carbonyl (C=O) groups excluding carboxylic acids is 1. The summed E-state index contributed by atoms with van der Waals surface area (Å²) in [6, 6.07) is 6.28. The van der Waals surface area contributed by atoms with E-state index in [0.29, 0.717) is 25.4 Å². The zero-order valence-electron chi connectivity index (χ0n) is 14.1. The van der Waals surface area contributed by atoms with E-state index in [2.05, 4.69) is 42.3 Å². The van der Waals surface area contributed by atoms with Crippen molar-refractivity contribution in [2.24, 2.45) is 0 Å². The number of anilines is 1. The fourth-order valence-electron chi connectivity index (χ4n) is 3.36. The number of benzene rings is 1. The second kappa shape index (κ2) is 6.89. The van der Waals surface area contributed by atoms with Gasteiger partial charge in [-0.05, 0) is 30.0 Å². The lowest BCUT2D eigenvalue weighted by Gasteiger charge is -2.32. The highest BCUT2D eigenvalue weighted by molar-refractivity contribution is 6.00. The first kappa shape index (κ1) is 16.3. The highest BCUT2D eigenvalue weighted by Crippen LogP contribution is 2.28. The Bertz CT molecular complexity index is 567. The van der Waals surface area contributed by atoms with Crippen LogP contribution in [0.4, 0.5) is 5.69 Å². The molecule has 1 amide bonds. The Morgan fingerprint density at radius 3 is 2.61 bits per heavy atom. The summed E-state index contributed by atoms with van der Waals surface area (Å²) >= 11 is 0. The van der Waals surface area contributed by atoms with Crippen molar-refractivity contribution in [1.82, 2.24) is 10.2 Å². The molecule has 5 heteroatoms. The van der Waals surface area contributed by atoms with Crippen LogP contribution in [0.15, 0.2) is 18.2 Å². The molecule has 5 nitrogen and oxygen atoms in total. The van der Waals surface area contributed by atoms with Crippen LogP contribution >= 0.6 is 0 Å². The van der Waals surface area contributed by atoms with Crippen LogP contribution < -0.4 is 10.2 Å². The molecule has 2 fully saturated rings. The third kappa shape index (κ3) is 3.51. The molecule has 0 spiro atoms. The summed E-state index contributed by atoms with van der Waals surface area (Å²) in [5, 5.41) is 13.1. The molecule has 126 valence electrons. The quantitative estimate of drug-likeness (QED) is 0.885. The van der Waals surface area contributed by atoms with Crippen LogP contribution in [0, 0.1) is 0 Å². The second-order valence-electron chi connectivity index (χ2n) is 6.86. The van der Waals surface area contributed by atoms with E-state index in [1.54, 1.807) is 4.90 Å². The highest BCUT2D eigenvalue weighted by Gasteiger charge is 2.28. The Morgan fingerprint density at radius 2 is 2.00 bits per heavy atom. The number of hydrogen-bond acceptors (Lipinski definition) is 4. The molecule has 0 radical (unpaired) electrons. The second-order valence-corrected chi connectivity index (χ2v) is 6.86. The van der Waals surface area contributed by atoms with Crippen molar-refractivity contribution in [2.45, 2.75) is 32.3 Å². The van der Waals surface area contributed by atoms with Crippen LogP contribution in [0.1, 0.15) is 42.1 Å². The number of rotatable bonds is 3. The SMILES string of the molecule is CC(C)c1ccc(N2CCNCC2)c(C(=O)N2CCC(O)C2)c1. The highest BCUT2D eigenvalue weighted by atomic mass is 16.3. The molecule has 2 aliphatic heterocycles. The fourth-order valence-corrected chi connectivity index (χ4v) is 3.36. The van der Waals surface area contributed by atoms with Crippen molar-refractivity contribution in [3.63, 3.8) is 0 Å². The van der Waals surface area contributed by atoms with Gasteiger partial charge in [0.1, 0.15) is 0 Å². The molecule has 1 aromatic rings. The van der Waals surface area contributed by atoms with Crippen molar-refractivity contribution in [2.75, 3.05) is 44.2 Å². The topological polar surface area (TPSA) is 55.8 Å². The minimum absolute atomic E-state index is 0.0533. The minimum Gasteiger partial charge on any atom is -0.391 e. The third-order valence-corrected chi connectivity index (χ3v) is 4.83. The predicted molar refractivity (Wildman–Crippen MR) is 92.1 cm³/mol. The fraction of sp³-hybridized carbons (Fsp3) is 0.611. The van der Waals surface area contributed by atoms with Gasteiger partial charge >= 0.3 is 0 Å². The van der Waals surface area contributed by atoms with Crippen molar-refractivity contribution in [3.8, 4) is 0 Å². The molecular weight excluding hydrogens is 290 g/mol. The summed E-state index contributed by atoms with van der Waals surface area (Å²) in [4.78, 5) is 17.1. The van der Waals surface area contributed by atoms with E-state index in [4.69, 9.17) is 0 Å².